The topological polar surface area (TPSA) is 123 Å². The van der Waals surface area contributed by atoms with E-state index < -0.39 is 21.7 Å². The van der Waals surface area contributed by atoms with Crippen molar-refractivity contribution in [2.24, 2.45) is 0 Å². The van der Waals surface area contributed by atoms with Gasteiger partial charge in [-0.1, -0.05) is 0 Å². The maximum absolute atomic E-state index is 14.6. The second-order valence-electron chi connectivity index (χ2n) is 7.06. The lowest BCUT2D eigenvalue weighted by Crippen LogP contribution is -2.16. The van der Waals surface area contributed by atoms with Crippen molar-refractivity contribution in [2.75, 3.05) is 23.4 Å². The Morgan fingerprint density at radius 1 is 1.06 bits per heavy atom. The van der Waals surface area contributed by atoms with E-state index in [0.29, 0.717) is 33.6 Å². The van der Waals surface area contributed by atoms with Crippen LogP contribution in [0.4, 0.5) is 15.8 Å². The summed E-state index contributed by atoms with van der Waals surface area (Å²) in [6.07, 6.45) is 5.39. The van der Waals surface area contributed by atoms with Crippen LogP contribution in [0.15, 0.2) is 61.1 Å². The highest BCUT2D eigenvalue weighted by Gasteiger charge is 2.16. The zero-order valence-corrected chi connectivity index (χ0v) is 18.4. The number of benzene rings is 2. The molecule has 1 amide bonds. The number of methoxy groups -OCH3 is 1. The number of carbonyl (C=O) groups excluding carboxylic acids is 1. The van der Waals surface area contributed by atoms with Crippen LogP contribution >= 0.6 is 0 Å². The van der Waals surface area contributed by atoms with E-state index in [4.69, 9.17) is 4.74 Å². The quantitative estimate of drug-likeness (QED) is 0.445. The summed E-state index contributed by atoms with van der Waals surface area (Å²) in [4.78, 5) is 25.2. The van der Waals surface area contributed by atoms with Gasteiger partial charge >= 0.3 is 0 Å². The summed E-state index contributed by atoms with van der Waals surface area (Å²) >= 11 is 0. The number of ether oxygens (including phenoxy) is 1. The highest BCUT2D eigenvalue weighted by Crippen LogP contribution is 2.31. The van der Waals surface area contributed by atoms with E-state index in [-0.39, 0.29) is 11.4 Å². The minimum Gasteiger partial charge on any atom is -0.497 e. The molecular weight excluding hydrogens is 449 g/mol. The minimum atomic E-state index is -3.47. The second-order valence-corrected chi connectivity index (χ2v) is 8.81. The maximum Gasteiger partial charge on any atom is 0.293 e. The maximum atomic E-state index is 14.6. The number of nitrogens with zero attached hydrogens (tertiary/aromatic N) is 3. The van der Waals surface area contributed by atoms with Gasteiger partial charge in [0.15, 0.2) is 0 Å². The number of nitrogens with one attached hydrogen (secondary N) is 2. The summed E-state index contributed by atoms with van der Waals surface area (Å²) in [7, 11) is -2.03. The third kappa shape index (κ3) is 5.04. The molecule has 2 heterocycles. The summed E-state index contributed by atoms with van der Waals surface area (Å²) in [6, 6.07) is 10.6. The van der Waals surface area contributed by atoms with Crippen LogP contribution in [0, 0.1) is 5.82 Å². The summed E-state index contributed by atoms with van der Waals surface area (Å²) in [6.45, 7) is 0. The SMILES string of the molecule is COc1ccc(-c2cnccc2NC(=O)c2ncc3ccc(NS(C)(=O)=O)cc3n2)c(F)c1. The van der Waals surface area contributed by atoms with Crippen molar-refractivity contribution in [3.8, 4) is 16.9 Å². The van der Waals surface area contributed by atoms with Crippen molar-refractivity contribution in [3.05, 3.63) is 72.7 Å². The molecule has 0 saturated carbocycles. The van der Waals surface area contributed by atoms with Gasteiger partial charge in [0.05, 0.1) is 30.3 Å². The number of sulfonamides is 1. The number of anilines is 2. The molecule has 2 aromatic heterocycles. The Morgan fingerprint density at radius 3 is 2.61 bits per heavy atom. The first kappa shape index (κ1) is 22.1. The molecule has 0 atom stereocenters. The molecule has 168 valence electrons. The average molecular weight is 467 g/mol. The van der Waals surface area contributed by atoms with E-state index in [1.165, 1.54) is 50.0 Å². The third-order valence-corrected chi connectivity index (χ3v) is 5.23. The van der Waals surface area contributed by atoms with Crippen molar-refractivity contribution in [2.45, 2.75) is 0 Å². The van der Waals surface area contributed by atoms with Gasteiger partial charge in [-0.3, -0.25) is 14.5 Å². The molecule has 4 rings (SSSR count). The number of halogens is 1. The number of rotatable bonds is 6. The average Bonchev–Trinajstić information content (AvgIpc) is 2.78. The van der Waals surface area contributed by atoms with Gasteiger partial charge in [0.25, 0.3) is 5.91 Å². The smallest absolute Gasteiger partial charge is 0.293 e. The van der Waals surface area contributed by atoms with Crippen LogP contribution in [0.5, 0.6) is 5.75 Å². The van der Waals surface area contributed by atoms with Crippen LogP contribution in [-0.2, 0) is 10.0 Å². The number of hydrogen-bond acceptors (Lipinski definition) is 7. The van der Waals surface area contributed by atoms with Crippen LogP contribution < -0.4 is 14.8 Å². The fourth-order valence-electron chi connectivity index (χ4n) is 3.15. The second kappa shape index (κ2) is 8.79. The molecule has 0 bridgehead atoms. The van der Waals surface area contributed by atoms with Crippen LogP contribution in [-0.4, -0.2) is 42.6 Å². The Labute approximate surface area is 188 Å². The predicted molar refractivity (Wildman–Crippen MR) is 122 cm³/mol. The Hall–Kier alpha value is -4.12. The molecule has 0 saturated heterocycles. The number of hydrogen-bond donors (Lipinski definition) is 2. The zero-order chi connectivity index (χ0) is 23.6. The van der Waals surface area contributed by atoms with Gasteiger partial charge in [-0.15, -0.1) is 0 Å². The Kier molecular flexibility index (Phi) is 5.88. The molecule has 0 aliphatic rings. The van der Waals surface area contributed by atoms with Crippen molar-refractivity contribution < 1.29 is 22.3 Å². The third-order valence-electron chi connectivity index (χ3n) is 4.62. The molecule has 2 aromatic carbocycles. The molecule has 0 fully saturated rings. The lowest BCUT2D eigenvalue weighted by molar-refractivity contribution is 0.101. The molecule has 0 radical (unpaired) electrons. The van der Waals surface area contributed by atoms with Crippen molar-refractivity contribution in [1.82, 2.24) is 15.0 Å². The van der Waals surface area contributed by atoms with E-state index in [9.17, 15) is 17.6 Å². The largest absolute Gasteiger partial charge is 0.497 e. The summed E-state index contributed by atoms with van der Waals surface area (Å²) in [5, 5.41) is 3.31. The Morgan fingerprint density at radius 2 is 1.88 bits per heavy atom. The standard InChI is InChI=1S/C22H18FN5O4S/c1-32-15-5-6-16(18(23)10-15)17-12-24-8-7-19(17)27-22(29)21-25-11-13-3-4-14(9-20(13)26-21)28-33(2,30)31/h3-12,28H,1-2H3,(H,24,27,29). The summed E-state index contributed by atoms with van der Waals surface area (Å²) < 4.78 is 44.9. The van der Waals surface area contributed by atoms with E-state index in [1.54, 1.807) is 18.2 Å². The van der Waals surface area contributed by atoms with Crippen molar-refractivity contribution in [3.63, 3.8) is 0 Å². The van der Waals surface area contributed by atoms with Gasteiger partial charge in [-0.05, 0) is 36.4 Å². The van der Waals surface area contributed by atoms with Gasteiger partial charge in [-0.2, -0.15) is 0 Å². The molecule has 0 spiro atoms. The molecule has 9 nitrogen and oxygen atoms in total. The molecule has 0 unspecified atom stereocenters. The fourth-order valence-corrected chi connectivity index (χ4v) is 3.70. The highest BCUT2D eigenvalue weighted by atomic mass is 32.2. The molecule has 0 aliphatic carbocycles. The summed E-state index contributed by atoms with van der Waals surface area (Å²) in [5.74, 6) is -0.942. The zero-order valence-electron chi connectivity index (χ0n) is 17.5. The highest BCUT2D eigenvalue weighted by molar-refractivity contribution is 7.92. The number of carbonyl (C=O) groups is 1. The summed E-state index contributed by atoms with van der Waals surface area (Å²) in [5.41, 5.74) is 1.60. The Balaban J connectivity index is 1.65. The van der Waals surface area contributed by atoms with Crippen molar-refractivity contribution in [1.29, 1.82) is 0 Å². The number of fused-ring (bicyclic) bond motifs is 1. The van der Waals surface area contributed by atoms with Gasteiger partial charge in [0.1, 0.15) is 11.6 Å². The first-order chi connectivity index (χ1) is 15.7. The monoisotopic (exact) mass is 467 g/mol. The molecule has 33 heavy (non-hydrogen) atoms. The Bertz CT molecular complexity index is 1480. The minimum absolute atomic E-state index is 0.142. The molecule has 11 heteroatoms. The number of pyridine rings is 1. The van der Waals surface area contributed by atoms with Crippen LogP contribution in [0.3, 0.4) is 0 Å². The first-order valence-corrected chi connectivity index (χ1v) is 11.5. The normalized spacial score (nSPS) is 11.2. The van der Waals surface area contributed by atoms with Crippen LogP contribution in [0.1, 0.15) is 10.6 Å². The van der Waals surface area contributed by atoms with E-state index in [1.807, 2.05) is 0 Å². The lowest BCUT2D eigenvalue weighted by atomic mass is 10.0. The number of aromatic nitrogens is 3. The molecular formula is C22H18FN5O4S. The van der Waals surface area contributed by atoms with E-state index in [0.717, 1.165) is 6.26 Å². The fraction of sp³-hybridized carbons (Fsp3) is 0.0909. The van der Waals surface area contributed by atoms with Gasteiger partial charge in [-0.25, -0.2) is 22.8 Å². The first-order valence-electron chi connectivity index (χ1n) is 9.57. The van der Waals surface area contributed by atoms with E-state index >= 15 is 0 Å². The molecule has 0 aliphatic heterocycles. The lowest BCUT2D eigenvalue weighted by Gasteiger charge is -2.12. The molecule has 4 aromatic rings. The van der Waals surface area contributed by atoms with Gasteiger partial charge in [0.2, 0.25) is 15.8 Å². The molecule has 2 N–H and O–H groups in total. The van der Waals surface area contributed by atoms with Crippen molar-refractivity contribution >= 4 is 38.2 Å². The number of amides is 1. The van der Waals surface area contributed by atoms with Crippen LogP contribution in [0.25, 0.3) is 22.0 Å². The van der Waals surface area contributed by atoms with E-state index in [2.05, 4.69) is 25.0 Å². The van der Waals surface area contributed by atoms with Gasteiger partial charge in [0, 0.05) is 41.2 Å². The van der Waals surface area contributed by atoms with Gasteiger partial charge < -0.3 is 10.1 Å². The predicted octanol–water partition coefficient (Wildman–Crippen LogP) is 3.46. The van der Waals surface area contributed by atoms with Crippen LogP contribution in [0.2, 0.25) is 0 Å².